The summed E-state index contributed by atoms with van der Waals surface area (Å²) in [6.45, 7) is 0. The molecule has 2 atom stereocenters. The van der Waals surface area contributed by atoms with Crippen molar-refractivity contribution in [3.8, 4) is 0 Å². The van der Waals surface area contributed by atoms with Crippen LogP contribution >= 0.6 is 0 Å². The number of para-hydroxylation sites is 1. The molecule has 0 spiro atoms. The summed E-state index contributed by atoms with van der Waals surface area (Å²) in [6, 6.07) is 10.9. The van der Waals surface area contributed by atoms with E-state index < -0.39 is 24.2 Å². The fraction of sp³-hybridized carbons (Fsp3) is 0.263. The Kier molecular flexibility index (Phi) is 4.37. The molecule has 9 heteroatoms. The van der Waals surface area contributed by atoms with Crippen molar-refractivity contribution in [2.45, 2.75) is 24.7 Å². The monoisotopic (exact) mass is 390 g/mol. The molecule has 0 bridgehead atoms. The number of nitrogens with zero attached hydrogens (tertiary/aromatic N) is 3. The minimum atomic E-state index is -4.51. The molecule has 2 aromatic heterocycles. The van der Waals surface area contributed by atoms with E-state index in [1.165, 1.54) is 17.2 Å². The molecule has 0 radical (unpaired) electrons. The number of benzene rings is 1. The zero-order valence-electron chi connectivity index (χ0n) is 14.8. The summed E-state index contributed by atoms with van der Waals surface area (Å²) < 4.78 is 47.1. The van der Waals surface area contributed by atoms with Crippen LogP contribution in [0.15, 0.2) is 59.2 Å². The smallest absolute Gasteiger partial charge is 0.410 e. The van der Waals surface area contributed by atoms with Crippen molar-refractivity contribution >= 4 is 17.4 Å². The largest absolute Gasteiger partial charge is 0.467 e. The van der Waals surface area contributed by atoms with E-state index in [-0.39, 0.29) is 17.9 Å². The molecule has 0 unspecified atom stereocenters. The summed E-state index contributed by atoms with van der Waals surface area (Å²) in [4.78, 5) is 14.1. The van der Waals surface area contributed by atoms with Gasteiger partial charge in [0.25, 0.3) is 5.91 Å². The summed E-state index contributed by atoms with van der Waals surface area (Å²) in [5, 5.41) is 6.96. The number of hydrogen-bond donors (Lipinski definition) is 1. The summed E-state index contributed by atoms with van der Waals surface area (Å²) in [7, 11) is 1.55. The molecular weight excluding hydrogens is 373 g/mol. The minimum Gasteiger partial charge on any atom is -0.467 e. The van der Waals surface area contributed by atoms with Crippen LogP contribution in [0.4, 0.5) is 24.7 Å². The van der Waals surface area contributed by atoms with Crippen molar-refractivity contribution in [1.29, 1.82) is 0 Å². The molecule has 1 aromatic carbocycles. The van der Waals surface area contributed by atoms with Crippen molar-refractivity contribution in [2.24, 2.45) is 0 Å². The lowest BCUT2D eigenvalue weighted by molar-refractivity contribution is -0.174. The van der Waals surface area contributed by atoms with Crippen LogP contribution in [-0.2, 0) is 0 Å². The van der Waals surface area contributed by atoms with E-state index in [9.17, 15) is 18.0 Å². The highest BCUT2D eigenvalue weighted by atomic mass is 19.4. The number of rotatable bonds is 3. The number of hydrogen-bond acceptors (Lipinski definition) is 4. The van der Waals surface area contributed by atoms with Gasteiger partial charge in [0.05, 0.1) is 12.3 Å². The van der Waals surface area contributed by atoms with Gasteiger partial charge in [0.15, 0.2) is 11.7 Å². The first-order chi connectivity index (χ1) is 13.3. The Labute approximate surface area is 158 Å². The second-order valence-corrected chi connectivity index (χ2v) is 6.56. The molecule has 146 valence electrons. The maximum absolute atomic E-state index is 13.7. The van der Waals surface area contributed by atoms with Crippen molar-refractivity contribution in [3.63, 3.8) is 0 Å². The maximum atomic E-state index is 13.7. The topological polar surface area (TPSA) is 63.3 Å². The lowest BCUT2D eigenvalue weighted by Gasteiger charge is -2.32. The lowest BCUT2D eigenvalue weighted by Crippen LogP contribution is -2.35. The van der Waals surface area contributed by atoms with E-state index in [1.807, 2.05) is 6.07 Å². The van der Waals surface area contributed by atoms with Gasteiger partial charge in [-0.3, -0.25) is 4.79 Å². The number of furan rings is 1. The van der Waals surface area contributed by atoms with Crippen LogP contribution in [0.5, 0.6) is 0 Å². The first kappa shape index (κ1) is 18.1. The van der Waals surface area contributed by atoms with E-state index >= 15 is 0 Å². The highest BCUT2D eigenvalue weighted by molar-refractivity contribution is 6.04. The Morgan fingerprint density at radius 1 is 1.25 bits per heavy atom. The number of fused-ring (bicyclic) bond motifs is 1. The standard InChI is InChI=1S/C19H17F3N4O2/c1-25(12-6-3-2-4-7-12)18(27)14-11-17-23-13(15-8-5-9-28-15)10-16(19(20,21)22)26(17)24-14/h2-9,11,13,16,23H,10H2,1H3/t13-,16+/m0/s1. The molecule has 6 nitrogen and oxygen atoms in total. The van der Waals surface area contributed by atoms with E-state index in [2.05, 4.69) is 10.4 Å². The Bertz CT molecular complexity index is 967. The first-order valence-electron chi connectivity index (χ1n) is 8.64. The molecule has 3 heterocycles. The summed E-state index contributed by atoms with van der Waals surface area (Å²) in [6.07, 6.45) is -3.39. The lowest BCUT2D eigenvalue weighted by atomic mass is 10.0. The Balaban J connectivity index is 1.68. The van der Waals surface area contributed by atoms with Gasteiger partial charge in [-0.25, -0.2) is 4.68 Å². The summed E-state index contributed by atoms with van der Waals surface area (Å²) in [5.74, 6) is 0.0288. The molecule has 0 saturated heterocycles. The average Bonchev–Trinajstić information content (AvgIpc) is 3.35. The van der Waals surface area contributed by atoms with Crippen LogP contribution in [-0.4, -0.2) is 28.9 Å². The van der Waals surface area contributed by atoms with Crippen molar-refractivity contribution in [1.82, 2.24) is 9.78 Å². The number of nitrogens with one attached hydrogen (secondary N) is 1. The number of halogens is 3. The van der Waals surface area contributed by atoms with E-state index in [4.69, 9.17) is 4.42 Å². The van der Waals surface area contributed by atoms with Crippen LogP contribution in [0.1, 0.15) is 34.8 Å². The molecule has 1 N–H and O–H groups in total. The van der Waals surface area contributed by atoms with Gasteiger partial charge in [-0.2, -0.15) is 18.3 Å². The molecule has 28 heavy (non-hydrogen) atoms. The van der Waals surface area contributed by atoms with Crippen LogP contribution < -0.4 is 10.2 Å². The van der Waals surface area contributed by atoms with Crippen molar-refractivity contribution in [3.05, 3.63) is 66.2 Å². The normalized spacial score (nSPS) is 19.0. The second-order valence-electron chi connectivity index (χ2n) is 6.56. The zero-order chi connectivity index (χ0) is 19.9. The molecule has 0 aliphatic carbocycles. The second kappa shape index (κ2) is 6.74. The van der Waals surface area contributed by atoms with Gasteiger partial charge in [0.2, 0.25) is 0 Å². The zero-order valence-corrected chi connectivity index (χ0v) is 14.8. The van der Waals surface area contributed by atoms with Crippen molar-refractivity contribution in [2.75, 3.05) is 17.3 Å². The molecule has 0 saturated carbocycles. The third-order valence-electron chi connectivity index (χ3n) is 4.74. The minimum absolute atomic E-state index is 0.0665. The van der Waals surface area contributed by atoms with Crippen LogP contribution in [0, 0.1) is 0 Å². The van der Waals surface area contributed by atoms with Gasteiger partial charge in [-0.15, -0.1) is 0 Å². The molecule has 4 rings (SSSR count). The predicted molar refractivity (Wildman–Crippen MR) is 96.2 cm³/mol. The fourth-order valence-electron chi connectivity index (χ4n) is 3.29. The molecular formula is C19H17F3N4O2. The van der Waals surface area contributed by atoms with E-state index in [1.54, 1.807) is 43.4 Å². The Morgan fingerprint density at radius 3 is 2.64 bits per heavy atom. The van der Waals surface area contributed by atoms with Crippen LogP contribution in [0.25, 0.3) is 0 Å². The van der Waals surface area contributed by atoms with Gasteiger partial charge in [-0.05, 0) is 24.3 Å². The predicted octanol–water partition coefficient (Wildman–Crippen LogP) is 4.41. The van der Waals surface area contributed by atoms with Gasteiger partial charge in [0.1, 0.15) is 11.6 Å². The highest BCUT2D eigenvalue weighted by Crippen LogP contribution is 2.43. The van der Waals surface area contributed by atoms with Crippen LogP contribution in [0.2, 0.25) is 0 Å². The van der Waals surface area contributed by atoms with E-state index in [0.717, 1.165) is 4.68 Å². The Morgan fingerprint density at radius 2 is 2.00 bits per heavy atom. The quantitative estimate of drug-likeness (QED) is 0.720. The molecule has 1 aliphatic heterocycles. The molecule has 1 aliphatic rings. The van der Waals surface area contributed by atoms with Gasteiger partial charge >= 0.3 is 6.18 Å². The van der Waals surface area contributed by atoms with Gasteiger partial charge in [-0.1, -0.05) is 18.2 Å². The number of aromatic nitrogens is 2. The summed E-state index contributed by atoms with van der Waals surface area (Å²) >= 11 is 0. The van der Waals surface area contributed by atoms with Crippen LogP contribution in [0.3, 0.4) is 0 Å². The number of anilines is 2. The fourth-order valence-corrected chi connectivity index (χ4v) is 3.29. The van der Waals surface area contributed by atoms with Crippen molar-refractivity contribution < 1.29 is 22.4 Å². The molecule has 0 fully saturated rings. The van der Waals surface area contributed by atoms with Gasteiger partial charge in [0, 0.05) is 25.2 Å². The maximum Gasteiger partial charge on any atom is 0.410 e. The molecule has 1 amide bonds. The number of carbonyl (C=O) groups is 1. The SMILES string of the molecule is CN(C(=O)c1cc2n(n1)[C@@H](C(F)(F)F)C[C@@H](c1ccco1)N2)c1ccccc1. The third kappa shape index (κ3) is 3.23. The number of amides is 1. The average molecular weight is 390 g/mol. The Hall–Kier alpha value is -3.23. The third-order valence-corrected chi connectivity index (χ3v) is 4.74. The first-order valence-corrected chi connectivity index (χ1v) is 8.64. The highest BCUT2D eigenvalue weighted by Gasteiger charge is 2.47. The number of carbonyl (C=O) groups excluding carboxylic acids is 1. The van der Waals surface area contributed by atoms with E-state index in [0.29, 0.717) is 11.4 Å². The molecule has 3 aromatic rings. The summed E-state index contributed by atoms with van der Waals surface area (Å²) in [5.41, 5.74) is 0.551. The number of alkyl halides is 3. The van der Waals surface area contributed by atoms with Gasteiger partial charge < -0.3 is 14.6 Å².